The Labute approximate surface area is 111 Å². The van der Waals surface area contributed by atoms with E-state index in [0.717, 1.165) is 26.9 Å². The molecule has 4 nitrogen and oxygen atoms in total. The molecule has 0 radical (unpaired) electrons. The van der Waals surface area contributed by atoms with Crippen LogP contribution in [0.25, 0.3) is 0 Å². The van der Waals surface area contributed by atoms with Crippen molar-refractivity contribution in [1.29, 1.82) is 0 Å². The average Bonchev–Trinajstić information content (AvgIpc) is 2.67. The van der Waals surface area contributed by atoms with Gasteiger partial charge in [-0.15, -0.1) is 0 Å². The molecule has 0 aliphatic heterocycles. The van der Waals surface area contributed by atoms with Gasteiger partial charge in [0.1, 0.15) is 5.75 Å². The second kappa shape index (κ2) is 5.46. The minimum Gasteiger partial charge on any atom is -0.497 e. The highest BCUT2D eigenvalue weighted by atomic mass is 32.2. The SMILES string of the molecule is COc1ccc(CN)c(Sc2cc(C)nn2C)c1. The second-order valence-corrected chi connectivity index (χ2v) is 5.09. The van der Waals surface area contributed by atoms with Gasteiger partial charge in [-0.3, -0.25) is 4.68 Å². The first kappa shape index (κ1) is 13.0. The zero-order valence-electron chi connectivity index (χ0n) is 10.8. The first-order valence-electron chi connectivity index (χ1n) is 5.69. The van der Waals surface area contributed by atoms with Crippen molar-refractivity contribution in [1.82, 2.24) is 9.78 Å². The summed E-state index contributed by atoms with van der Waals surface area (Å²) in [6, 6.07) is 8.00. The van der Waals surface area contributed by atoms with Crippen LogP contribution in [0.5, 0.6) is 5.75 Å². The standard InChI is InChI=1S/C13H17N3OS/c1-9-6-13(16(2)15-9)18-12-7-11(17-3)5-4-10(12)8-14/h4-7H,8,14H2,1-3H3. The van der Waals surface area contributed by atoms with Crippen molar-refractivity contribution in [3.63, 3.8) is 0 Å². The van der Waals surface area contributed by atoms with Gasteiger partial charge in [0.15, 0.2) is 0 Å². The fraction of sp³-hybridized carbons (Fsp3) is 0.308. The summed E-state index contributed by atoms with van der Waals surface area (Å²) in [6.45, 7) is 2.50. The van der Waals surface area contributed by atoms with Gasteiger partial charge in [-0.25, -0.2) is 0 Å². The Hall–Kier alpha value is -1.46. The number of aryl methyl sites for hydroxylation is 2. The van der Waals surface area contributed by atoms with Crippen molar-refractivity contribution < 1.29 is 4.74 Å². The molecule has 0 saturated heterocycles. The molecule has 0 atom stereocenters. The van der Waals surface area contributed by atoms with Crippen LogP contribution in [0.3, 0.4) is 0 Å². The molecule has 18 heavy (non-hydrogen) atoms. The minimum absolute atomic E-state index is 0.517. The number of hydrogen-bond acceptors (Lipinski definition) is 4. The van der Waals surface area contributed by atoms with Gasteiger partial charge in [-0.2, -0.15) is 5.10 Å². The van der Waals surface area contributed by atoms with Crippen LogP contribution in [-0.2, 0) is 13.6 Å². The van der Waals surface area contributed by atoms with E-state index in [1.54, 1.807) is 18.9 Å². The Morgan fingerprint density at radius 1 is 1.39 bits per heavy atom. The van der Waals surface area contributed by atoms with Crippen molar-refractivity contribution in [3.8, 4) is 5.75 Å². The molecular weight excluding hydrogens is 246 g/mol. The fourth-order valence-corrected chi connectivity index (χ4v) is 2.81. The Bertz CT molecular complexity index is 551. The number of nitrogens with two attached hydrogens (primary N) is 1. The van der Waals surface area contributed by atoms with E-state index in [9.17, 15) is 0 Å². The minimum atomic E-state index is 0.517. The third-order valence-electron chi connectivity index (χ3n) is 2.67. The number of aromatic nitrogens is 2. The van der Waals surface area contributed by atoms with Crippen molar-refractivity contribution >= 4 is 11.8 Å². The van der Waals surface area contributed by atoms with Gasteiger partial charge in [0.2, 0.25) is 0 Å². The zero-order valence-corrected chi connectivity index (χ0v) is 11.6. The monoisotopic (exact) mass is 263 g/mol. The lowest BCUT2D eigenvalue weighted by Gasteiger charge is -2.09. The Morgan fingerprint density at radius 3 is 2.72 bits per heavy atom. The lowest BCUT2D eigenvalue weighted by Crippen LogP contribution is -1.99. The Balaban J connectivity index is 2.35. The summed E-state index contributed by atoms with van der Waals surface area (Å²) < 4.78 is 7.13. The highest BCUT2D eigenvalue weighted by molar-refractivity contribution is 7.99. The maximum absolute atomic E-state index is 5.76. The molecule has 0 spiro atoms. The van der Waals surface area contributed by atoms with Crippen LogP contribution in [0.15, 0.2) is 34.2 Å². The first-order valence-corrected chi connectivity index (χ1v) is 6.51. The van der Waals surface area contributed by atoms with Gasteiger partial charge in [0.05, 0.1) is 17.8 Å². The second-order valence-electron chi connectivity index (χ2n) is 4.03. The van der Waals surface area contributed by atoms with Crippen molar-refractivity contribution in [2.75, 3.05) is 7.11 Å². The lowest BCUT2D eigenvalue weighted by atomic mass is 10.2. The van der Waals surface area contributed by atoms with Crippen LogP contribution in [0.2, 0.25) is 0 Å². The molecule has 0 unspecified atom stereocenters. The van der Waals surface area contributed by atoms with Crippen LogP contribution < -0.4 is 10.5 Å². The number of benzene rings is 1. The Kier molecular flexibility index (Phi) is 3.93. The smallest absolute Gasteiger partial charge is 0.120 e. The molecule has 0 saturated carbocycles. The molecule has 0 fully saturated rings. The Morgan fingerprint density at radius 2 is 2.17 bits per heavy atom. The molecule has 1 aromatic carbocycles. The van der Waals surface area contributed by atoms with E-state index in [-0.39, 0.29) is 0 Å². The molecule has 2 aromatic rings. The van der Waals surface area contributed by atoms with Crippen LogP contribution in [0, 0.1) is 6.92 Å². The summed E-state index contributed by atoms with van der Waals surface area (Å²) in [5.41, 5.74) is 7.88. The third kappa shape index (κ3) is 2.68. The molecule has 2 N–H and O–H groups in total. The van der Waals surface area contributed by atoms with E-state index in [1.807, 2.05) is 36.9 Å². The van der Waals surface area contributed by atoms with E-state index in [2.05, 4.69) is 11.2 Å². The van der Waals surface area contributed by atoms with Gasteiger partial charge in [-0.1, -0.05) is 17.8 Å². The summed E-state index contributed by atoms with van der Waals surface area (Å²) in [5.74, 6) is 0.841. The predicted molar refractivity (Wildman–Crippen MR) is 73.0 cm³/mol. The largest absolute Gasteiger partial charge is 0.497 e. The van der Waals surface area contributed by atoms with Crippen molar-refractivity contribution in [2.45, 2.75) is 23.4 Å². The van der Waals surface area contributed by atoms with Crippen molar-refractivity contribution in [3.05, 3.63) is 35.5 Å². The van der Waals surface area contributed by atoms with Gasteiger partial charge < -0.3 is 10.5 Å². The normalized spacial score (nSPS) is 10.7. The first-order chi connectivity index (χ1) is 8.63. The van der Waals surface area contributed by atoms with Gasteiger partial charge in [0, 0.05) is 18.5 Å². The number of methoxy groups -OCH3 is 1. The maximum atomic E-state index is 5.76. The van der Waals surface area contributed by atoms with Crippen LogP contribution in [0.1, 0.15) is 11.3 Å². The highest BCUT2D eigenvalue weighted by Crippen LogP contribution is 2.33. The van der Waals surface area contributed by atoms with E-state index in [0.29, 0.717) is 6.54 Å². The van der Waals surface area contributed by atoms with Gasteiger partial charge in [0.25, 0.3) is 0 Å². The molecule has 2 rings (SSSR count). The van der Waals surface area contributed by atoms with Gasteiger partial charge >= 0.3 is 0 Å². The summed E-state index contributed by atoms with van der Waals surface area (Å²) in [5, 5.41) is 5.43. The maximum Gasteiger partial charge on any atom is 0.120 e. The van der Waals surface area contributed by atoms with E-state index in [1.165, 1.54) is 0 Å². The lowest BCUT2D eigenvalue weighted by molar-refractivity contribution is 0.413. The number of ether oxygens (including phenoxy) is 1. The summed E-state index contributed by atoms with van der Waals surface area (Å²) >= 11 is 1.66. The molecule has 0 aliphatic carbocycles. The molecule has 1 heterocycles. The van der Waals surface area contributed by atoms with Crippen molar-refractivity contribution in [2.24, 2.45) is 12.8 Å². The van der Waals surface area contributed by atoms with E-state index in [4.69, 9.17) is 10.5 Å². The molecule has 1 aromatic heterocycles. The predicted octanol–water partition coefficient (Wildman–Crippen LogP) is 2.35. The van der Waals surface area contributed by atoms with E-state index >= 15 is 0 Å². The quantitative estimate of drug-likeness (QED) is 0.920. The summed E-state index contributed by atoms with van der Waals surface area (Å²) in [7, 11) is 3.61. The molecular formula is C13H17N3OS. The summed E-state index contributed by atoms with van der Waals surface area (Å²) in [4.78, 5) is 1.11. The number of rotatable bonds is 4. The van der Waals surface area contributed by atoms with Gasteiger partial charge in [-0.05, 0) is 30.7 Å². The van der Waals surface area contributed by atoms with Crippen LogP contribution >= 0.6 is 11.8 Å². The molecule has 0 aliphatic rings. The number of nitrogens with zero attached hydrogens (tertiary/aromatic N) is 2. The van der Waals surface area contributed by atoms with Crippen LogP contribution in [-0.4, -0.2) is 16.9 Å². The topological polar surface area (TPSA) is 53.1 Å². The van der Waals surface area contributed by atoms with Crippen LogP contribution in [0.4, 0.5) is 0 Å². The fourth-order valence-electron chi connectivity index (χ4n) is 1.72. The average molecular weight is 263 g/mol. The third-order valence-corrected chi connectivity index (χ3v) is 3.86. The molecule has 0 bridgehead atoms. The highest BCUT2D eigenvalue weighted by Gasteiger charge is 2.09. The van der Waals surface area contributed by atoms with E-state index < -0.39 is 0 Å². The summed E-state index contributed by atoms with van der Waals surface area (Å²) in [6.07, 6.45) is 0. The molecule has 0 amide bonds. The molecule has 96 valence electrons. The zero-order chi connectivity index (χ0) is 13.1. The molecule has 5 heteroatoms. The number of hydrogen-bond donors (Lipinski definition) is 1.